The first kappa shape index (κ1) is 15.1. The van der Waals surface area contributed by atoms with Crippen LogP contribution in [0, 0.1) is 6.92 Å². The Labute approximate surface area is 122 Å². The second-order valence-electron chi connectivity index (χ2n) is 4.71. The summed E-state index contributed by atoms with van der Waals surface area (Å²) in [6.07, 6.45) is 0. The van der Waals surface area contributed by atoms with Gasteiger partial charge in [-0.25, -0.2) is 13.2 Å². The first-order chi connectivity index (χ1) is 9.79. The van der Waals surface area contributed by atoms with Crippen molar-refractivity contribution in [1.29, 1.82) is 0 Å². The van der Waals surface area contributed by atoms with Crippen LogP contribution in [0.2, 0.25) is 0 Å². The van der Waals surface area contributed by atoms with Crippen molar-refractivity contribution in [2.75, 3.05) is 0 Å². The molecule has 0 atom stereocenters. The van der Waals surface area contributed by atoms with Crippen LogP contribution in [0.3, 0.4) is 0 Å². The van der Waals surface area contributed by atoms with E-state index < -0.39 is 15.8 Å². The number of phenolic OH excluding ortho intramolecular Hbond substituents is 1. The minimum Gasteiger partial charge on any atom is -0.508 e. The summed E-state index contributed by atoms with van der Waals surface area (Å²) in [6.45, 7) is 1.61. The van der Waals surface area contributed by atoms with E-state index in [2.05, 4.69) is 0 Å². The van der Waals surface area contributed by atoms with E-state index in [9.17, 15) is 18.3 Å². The Morgan fingerprint density at radius 2 is 1.86 bits per heavy atom. The number of sulfone groups is 1. The normalized spacial score (nSPS) is 11.3. The number of carboxylic acids is 1. The van der Waals surface area contributed by atoms with Gasteiger partial charge in [0.1, 0.15) is 5.75 Å². The van der Waals surface area contributed by atoms with E-state index in [0.29, 0.717) is 11.1 Å². The molecule has 0 unspecified atom stereocenters. The molecule has 0 amide bonds. The average Bonchev–Trinajstić information content (AvgIpc) is 2.38. The third kappa shape index (κ3) is 3.41. The molecule has 0 bridgehead atoms. The molecule has 2 aromatic carbocycles. The van der Waals surface area contributed by atoms with Crippen molar-refractivity contribution in [3.8, 4) is 5.75 Å². The number of phenols is 1. The van der Waals surface area contributed by atoms with Gasteiger partial charge in [-0.2, -0.15) is 0 Å². The molecule has 5 nitrogen and oxygen atoms in total. The Morgan fingerprint density at radius 1 is 1.14 bits per heavy atom. The van der Waals surface area contributed by atoms with Crippen molar-refractivity contribution < 1.29 is 23.4 Å². The highest BCUT2D eigenvalue weighted by atomic mass is 32.2. The molecule has 6 heteroatoms. The molecule has 0 aliphatic carbocycles. The molecule has 0 saturated heterocycles. The van der Waals surface area contributed by atoms with Crippen LogP contribution in [0.25, 0.3) is 0 Å². The van der Waals surface area contributed by atoms with Crippen molar-refractivity contribution in [3.63, 3.8) is 0 Å². The largest absolute Gasteiger partial charge is 0.508 e. The number of rotatable bonds is 4. The second-order valence-corrected chi connectivity index (χ2v) is 6.70. The van der Waals surface area contributed by atoms with Gasteiger partial charge in [0.2, 0.25) is 0 Å². The average molecular weight is 306 g/mol. The minimum atomic E-state index is -3.68. The van der Waals surface area contributed by atoms with Crippen LogP contribution >= 0.6 is 0 Å². The van der Waals surface area contributed by atoms with Crippen LogP contribution < -0.4 is 0 Å². The predicted molar refractivity (Wildman–Crippen MR) is 77.1 cm³/mol. The summed E-state index contributed by atoms with van der Waals surface area (Å²) in [5, 5.41) is 18.4. The summed E-state index contributed by atoms with van der Waals surface area (Å²) in [5.41, 5.74) is 0.901. The Balaban J connectivity index is 2.40. The van der Waals surface area contributed by atoms with Gasteiger partial charge < -0.3 is 10.2 Å². The highest BCUT2D eigenvalue weighted by molar-refractivity contribution is 7.90. The van der Waals surface area contributed by atoms with Crippen molar-refractivity contribution in [1.82, 2.24) is 0 Å². The van der Waals surface area contributed by atoms with Gasteiger partial charge in [-0.1, -0.05) is 18.2 Å². The second kappa shape index (κ2) is 5.57. The fourth-order valence-electron chi connectivity index (χ4n) is 1.97. The fourth-order valence-corrected chi connectivity index (χ4v) is 3.33. The summed E-state index contributed by atoms with van der Waals surface area (Å²) in [7, 11) is -3.68. The molecule has 0 aromatic heterocycles. The molecule has 0 radical (unpaired) electrons. The quantitative estimate of drug-likeness (QED) is 0.904. The lowest BCUT2D eigenvalue weighted by Gasteiger charge is -2.08. The molecule has 0 aliphatic rings. The van der Waals surface area contributed by atoms with Crippen LogP contribution in [0.15, 0.2) is 47.4 Å². The maximum atomic E-state index is 12.3. The van der Waals surface area contributed by atoms with Gasteiger partial charge in [0.25, 0.3) is 0 Å². The molecule has 0 saturated carbocycles. The summed E-state index contributed by atoms with van der Waals surface area (Å²) in [5.74, 6) is -1.48. The minimum absolute atomic E-state index is 0.0159. The maximum Gasteiger partial charge on any atom is 0.335 e. The molecular weight excluding hydrogens is 292 g/mol. The van der Waals surface area contributed by atoms with E-state index in [1.54, 1.807) is 19.1 Å². The number of carboxylic acid groups (broad SMARTS) is 1. The molecule has 0 spiro atoms. The summed E-state index contributed by atoms with van der Waals surface area (Å²) >= 11 is 0. The van der Waals surface area contributed by atoms with Crippen LogP contribution in [-0.4, -0.2) is 24.6 Å². The summed E-state index contributed by atoms with van der Waals surface area (Å²) < 4.78 is 24.6. The Morgan fingerprint density at radius 3 is 2.48 bits per heavy atom. The fraction of sp³-hybridized carbons (Fsp3) is 0.133. The van der Waals surface area contributed by atoms with E-state index in [0.717, 1.165) is 6.07 Å². The Hall–Kier alpha value is -2.34. The van der Waals surface area contributed by atoms with Gasteiger partial charge in [-0.15, -0.1) is 0 Å². The Bertz CT molecular complexity index is 793. The standard InChI is InChI=1S/C15H14O5S/c1-10-5-6-13(8-14(10)15(17)18)21(19,20)9-11-3-2-4-12(16)7-11/h2-8,16H,9H2,1H3,(H,17,18). The maximum absolute atomic E-state index is 12.3. The SMILES string of the molecule is Cc1ccc(S(=O)(=O)Cc2cccc(O)c2)cc1C(=O)O. The number of hydrogen-bond donors (Lipinski definition) is 2. The van der Waals surface area contributed by atoms with Crippen molar-refractivity contribution in [2.45, 2.75) is 17.6 Å². The summed E-state index contributed by atoms with van der Waals surface area (Å²) in [6, 6.07) is 9.98. The molecule has 2 rings (SSSR count). The van der Waals surface area contributed by atoms with Gasteiger partial charge in [-0.05, 0) is 42.3 Å². The van der Waals surface area contributed by atoms with Gasteiger partial charge in [0, 0.05) is 0 Å². The first-order valence-corrected chi connectivity index (χ1v) is 7.79. The highest BCUT2D eigenvalue weighted by Crippen LogP contribution is 2.21. The number of hydrogen-bond acceptors (Lipinski definition) is 4. The Kier molecular flexibility index (Phi) is 3.99. The molecule has 0 aliphatic heterocycles. The number of carbonyl (C=O) groups is 1. The third-order valence-corrected chi connectivity index (χ3v) is 4.75. The monoisotopic (exact) mass is 306 g/mol. The van der Waals surface area contributed by atoms with Crippen molar-refractivity contribution in [2.24, 2.45) is 0 Å². The molecule has 2 N–H and O–H groups in total. The third-order valence-electron chi connectivity index (χ3n) is 3.07. The molecule has 0 heterocycles. The number of aromatic hydroxyl groups is 1. The van der Waals surface area contributed by atoms with Gasteiger partial charge in [0.05, 0.1) is 16.2 Å². The van der Waals surface area contributed by atoms with Crippen molar-refractivity contribution >= 4 is 15.8 Å². The lowest BCUT2D eigenvalue weighted by atomic mass is 10.1. The molecule has 110 valence electrons. The topological polar surface area (TPSA) is 91.7 Å². The van der Waals surface area contributed by atoms with Gasteiger partial charge in [-0.3, -0.25) is 0 Å². The van der Waals surface area contributed by atoms with Crippen LogP contribution in [0.4, 0.5) is 0 Å². The molecule has 21 heavy (non-hydrogen) atoms. The zero-order chi connectivity index (χ0) is 15.6. The predicted octanol–water partition coefficient (Wildman–Crippen LogP) is 2.37. The van der Waals surface area contributed by atoms with Crippen LogP contribution in [0.1, 0.15) is 21.5 Å². The van der Waals surface area contributed by atoms with E-state index in [1.165, 1.54) is 24.3 Å². The zero-order valence-electron chi connectivity index (χ0n) is 11.3. The van der Waals surface area contributed by atoms with Crippen molar-refractivity contribution in [3.05, 3.63) is 59.2 Å². The summed E-state index contributed by atoms with van der Waals surface area (Å²) in [4.78, 5) is 11.0. The zero-order valence-corrected chi connectivity index (χ0v) is 12.1. The van der Waals surface area contributed by atoms with Gasteiger partial charge >= 0.3 is 5.97 Å². The smallest absolute Gasteiger partial charge is 0.335 e. The van der Waals surface area contributed by atoms with E-state index in [-0.39, 0.29) is 22.0 Å². The molecule has 0 fully saturated rings. The van der Waals surface area contributed by atoms with E-state index in [4.69, 9.17) is 5.11 Å². The van der Waals surface area contributed by atoms with Crippen LogP contribution in [0.5, 0.6) is 5.75 Å². The highest BCUT2D eigenvalue weighted by Gasteiger charge is 2.18. The van der Waals surface area contributed by atoms with Gasteiger partial charge in [0.15, 0.2) is 9.84 Å². The molecular formula is C15H14O5S. The van der Waals surface area contributed by atoms with E-state index >= 15 is 0 Å². The first-order valence-electron chi connectivity index (χ1n) is 6.14. The lowest BCUT2D eigenvalue weighted by Crippen LogP contribution is -2.08. The molecule has 2 aromatic rings. The lowest BCUT2D eigenvalue weighted by molar-refractivity contribution is 0.0696. The number of aromatic carboxylic acids is 1. The number of benzene rings is 2. The van der Waals surface area contributed by atoms with E-state index in [1.807, 2.05) is 0 Å². The number of aryl methyl sites for hydroxylation is 1. The van der Waals surface area contributed by atoms with Crippen LogP contribution in [-0.2, 0) is 15.6 Å².